The summed E-state index contributed by atoms with van der Waals surface area (Å²) in [6, 6.07) is 21.1. The number of nitrogens with zero attached hydrogens (tertiary/aromatic N) is 2. The van der Waals surface area contributed by atoms with Crippen LogP contribution in [0.25, 0.3) is 0 Å². The Kier molecular flexibility index (Phi) is 9.72. The summed E-state index contributed by atoms with van der Waals surface area (Å²) in [4.78, 5) is 28.1. The Morgan fingerprint density at radius 3 is 2.27 bits per heavy atom. The quantitative estimate of drug-likeness (QED) is 0.378. The molecule has 3 aromatic rings. The molecule has 37 heavy (non-hydrogen) atoms. The highest BCUT2D eigenvalue weighted by atomic mass is 35.5. The van der Waals surface area contributed by atoms with E-state index in [-0.39, 0.29) is 17.3 Å². The molecule has 0 spiro atoms. The molecule has 0 radical (unpaired) electrons. The van der Waals surface area contributed by atoms with Crippen molar-refractivity contribution < 1.29 is 18.0 Å². The molecular weight excluding hydrogens is 510 g/mol. The highest BCUT2D eigenvalue weighted by molar-refractivity contribution is 7.92. The summed E-state index contributed by atoms with van der Waals surface area (Å²) in [5.41, 5.74) is 2.04. The van der Waals surface area contributed by atoms with E-state index >= 15 is 0 Å². The van der Waals surface area contributed by atoms with Crippen LogP contribution in [0.4, 0.5) is 5.69 Å². The molecule has 7 nitrogen and oxygen atoms in total. The third kappa shape index (κ3) is 7.33. The number of carbonyl (C=O) groups is 2. The van der Waals surface area contributed by atoms with Crippen LogP contribution >= 0.6 is 11.6 Å². The van der Waals surface area contributed by atoms with E-state index in [1.54, 1.807) is 73.7 Å². The molecular formula is C28H32ClN3O4S. The second-order valence-corrected chi connectivity index (χ2v) is 11.1. The molecule has 0 heterocycles. The van der Waals surface area contributed by atoms with Crippen molar-refractivity contribution in [2.45, 2.75) is 44.7 Å². The third-order valence-corrected chi connectivity index (χ3v) is 7.91. The lowest BCUT2D eigenvalue weighted by atomic mass is 10.1. The van der Waals surface area contributed by atoms with Gasteiger partial charge in [-0.3, -0.25) is 13.9 Å². The molecule has 0 bridgehead atoms. The summed E-state index contributed by atoms with van der Waals surface area (Å²) in [5.74, 6) is -0.829. The third-order valence-electron chi connectivity index (χ3n) is 5.89. The van der Waals surface area contributed by atoms with Gasteiger partial charge >= 0.3 is 0 Å². The Morgan fingerprint density at radius 1 is 0.973 bits per heavy atom. The molecule has 0 saturated heterocycles. The number of benzene rings is 3. The first-order valence-corrected chi connectivity index (χ1v) is 13.9. The normalized spacial score (nSPS) is 12.0. The van der Waals surface area contributed by atoms with Crippen LogP contribution in [0, 0.1) is 6.92 Å². The Hall–Kier alpha value is -3.36. The maximum Gasteiger partial charge on any atom is 0.264 e. The van der Waals surface area contributed by atoms with Gasteiger partial charge in [0, 0.05) is 18.1 Å². The number of aryl methyl sites for hydroxylation is 1. The van der Waals surface area contributed by atoms with Crippen LogP contribution in [0.3, 0.4) is 0 Å². The van der Waals surface area contributed by atoms with Gasteiger partial charge in [0.2, 0.25) is 11.8 Å². The van der Waals surface area contributed by atoms with Gasteiger partial charge in [-0.15, -0.1) is 0 Å². The lowest BCUT2D eigenvalue weighted by molar-refractivity contribution is -0.139. The Bertz CT molecular complexity index is 1310. The molecule has 0 fully saturated rings. The Morgan fingerprint density at radius 2 is 1.65 bits per heavy atom. The number of sulfonamides is 1. The van der Waals surface area contributed by atoms with Gasteiger partial charge in [0.1, 0.15) is 12.6 Å². The standard InChI is InChI=1S/C28H32ClN3O4S/c1-4-17-30-28(34)22(3)31(19-23-9-8-10-24(29)18-23)27(33)20-32(25-15-13-21(2)14-16-25)37(35,36)26-11-6-5-7-12-26/h5-16,18,22H,4,17,19-20H2,1-3H3,(H,30,34)/t22-/m0/s1. The molecule has 0 aliphatic carbocycles. The minimum atomic E-state index is -4.07. The molecule has 1 N–H and O–H groups in total. The number of hydrogen-bond acceptors (Lipinski definition) is 4. The molecule has 0 aliphatic heterocycles. The predicted molar refractivity (Wildman–Crippen MR) is 147 cm³/mol. The zero-order valence-corrected chi connectivity index (χ0v) is 22.8. The fraction of sp³-hybridized carbons (Fsp3) is 0.286. The summed E-state index contributed by atoms with van der Waals surface area (Å²) in [6.07, 6.45) is 0.747. The highest BCUT2D eigenvalue weighted by Crippen LogP contribution is 2.25. The monoisotopic (exact) mass is 541 g/mol. The van der Waals surface area contributed by atoms with E-state index in [2.05, 4.69) is 5.32 Å². The molecule has 3 rings (SSSR count). The molecule has 0 aliphatic rings. The SMILES string of the molecule is CCCNC(=O)[C@H](C)N(Cc1cccc(Cl)c1)C(=O)CN(c1ccc(C)cc1)S(=O)(=O)c1ccccc1. The number of carbonyl (C=O) groups excluding carboxylic acids is 2. The predicted octanol–water partition coefficient (Wildman–Crippen LogP) is 4.79. The van der Waals surface area contributed by atoms with E-state index in [0.29, 0.717) is 17.3 Å². The lowest BCUT2D eigenvalue weighted by Gasteiger charge is -2.32. The van der Waals surface area contributed by atoms with Crippen LogP contribution in [0.5, 0.6) is 0 Å². The molecule has 3 aromatic carbocycles. The van der Waals surface area contributed by atoms with Crippen molar-refractivity contribution in [3.63, 3.8) is 0 Å². The first kappa shape index (κ1) is 28.2. The minimum absolute atomic E-state index is 0.0681. The number of hydrogen-bond donors (Lipinski definition) is 1. The first-order chi connectivity index (χ1) is 17.6. The molecule has 0 aromatic heterocycles. The van der Waals surface area contributed by atoms with Crippen molar-refractivity contribution in [2.24, 2.45) is 0 Å². The Balaban J connectivity index is 2.00. The molecule has 0 unspecified atom stereocenters. The van der Waals surface area contributed by atoms with Gasteiger partial charge in [0.15, 0.2) is 0 Å². The first-order valence-electron chi connectivity index (χ1n) is 12.1. The summed E-state index contributed by atoms with van der Waals surface area (Å²) in [7, 11) is -4.07. The number of halogens is 1. The summed E-state index contributed by atoms with van der Waals surface area (Å²) < 4.78 is 28.5. The smallest absolute Gasteiger partial charge is 0.264 e. The summed E-state index contributed by atoms with van der Waals surface area (Å²) in [5, 5.41) is 3.32. The van der Waals surface area contributed by atoms with Crippen LogP contribution in [0.1, 0.15) is 31.4 Å². The van der Waals surface area contributed by atoms with Gasteiger partial charge in [-0.1, -0.05) is 66.6 Å². The van der Waals surface area contributed by atoms with E-state index in [4.69, 9.17) is 11.6 Å². The fourth-order valence-corrected chi connectivity index (χ4v) is 5.42. The van der Waals surface area contributed by atoms with Crippen LogP contribution < -0.4 is 9.62 Å². The summed E-state index contributed by atoms with van der Waals surface area (Å²) >= 11 is 6.15. The average Bonchev–Trinajstić information content (AvgIpc) is 2.89. The van der Waals surface area contributed by atoms with Crippen LogP contribution in [-0.2, 0) is 26.2 Å². The molecule has 0 saturated carbocycles. The lowest BCUT2D eigenvalue weighted by Crippen LogP contribution is -2.51. The van der Waals surface area contributed by atoms with E-state index in [1.807, 2.05) is 13.8 Å². The highest BCUT2D eigenvalue weighted by Gasteiger charge is 2.32. The van der Waals surface area contributed by atoms with Gasteiger partial charge in [-0.25, -0.2) is 8.42 Å². The van der Waals surface area contributed by atoms with E-state index < -0.39 is 28.5 Å². The van der Waals surface area contributed by atoms with Gasteiger partial charge < -0.3 is 10.2 Å². The molecule has 9 heteroatoms. The zero-order chi connectivity index (χ0) is 27.0. The second kappa shape index (κ2) is 12.7. The van der Waals surface area contributed by atoms with E-state index in [1.165, 1.54) is 17.0 Å². The van der Waals surface area contributed by atoms with Crippen molar-refractivity contribution in [1.82, 2.24) is 10.2 Å². The molecule has 1 atom stereocenters. The van der Waals surface area contributed by atoms with Crippen LogP contribution in [-0.4, -0.2) is 44.3 Å². The maximum absolute atomic E-state index is 13.8. The van der Waals surface area contributed by atoms with E-state index in [0.717, 1.165) is 21.9 Å². The number of nitrogens with one attached hydrogen (secondary N) is 1. The van der Waals surface area contributed by atoms with Crippen LogP contribution in [0.2, 0.25) is 5.02 Å². The van der Waals surface area contributed by atoms with Gasteiger partial charge in [-0.2, -0.15) is 0 Å². The van der Waals surface area contributed by atoms with E-state index in [9.17, 15) is 18.0 Å². The van der Waals surface area contributed by atoms with Crippen LogP contribution in [0.15, 0.2) is 83.8 Å². The molecule has 196 valence electrons. The van der Waals surface area contributed by atoms with Crippen molar-refractivity contribution in [3.8, 4) is 0 Å². The number of rotatable bonds is 11. The van der Waals surface area contributed by atoms with Crippen molar-refractivity contribution in [1.29, 1.82) is 0 Å². The average molecular weight is 542 g/mol. The maximum atomic E-state index is 13.8. The topological polar surface area (TPSA) is 86.8 Å². The van der Waals surface area contributed by atoms with Crippen molar-refractivity contribution in [2.75, 3.05) is 17.4 Å². The second-order valence-electron chi connectivity index (χ2n) is 8.78. The molecule has 2 amide bonds. The zero-order valence-electron chi connectivity index (χ0n) is 21.2. The number of anilines is 1. The van der Waals surface area contributed by atoms with Gasteiger partial charge in [0.05, 0.1) is 10.6 Å². The number of amides is 2. The Labute approximate surface area is 224 Å². The van der Waals surface area contributed by atoms with Gasteiger partial charge in [-0.05, 0) is 62.2 Å². The minimum Gasteiger partial charge on any atom is -0.354 e. The van der Waals surface area contributed by atoms with Gasteiger partial charge in [0.25, 0.3) is 10.0 Å². The summed E-state index contributed by atoms with van der Waals surface area (Å²) in [6.45, 7) is 5.55. The largest absolute Gasteiger partial charge is 0.354 e. The van der Waals surface area contributed by atoms with Crippen molar-refractivity contribution >= 4 is 39.1 Å². The fourth-order valence-electron chi connectivity index (χ4n) is 3.77. The van der Waals surface area contributed by atoms with Crippen molar-refractivity contribution in [3.05, 3.63) is 95.0 Å².